The maximum absolute atomic E-state index is 14.5. The number of methoxy groups -OCH3 is 2. The molecule has 0 radical (unpaired) electrons. The third kappa shape index (κ3) is 3.28. The molecule has 3 heterocycles. The predicted octanol–water partition coefficient (Wildman–Crippen LogP) is 3.73. The number of ether oxygens (including phenoxy) is 2. The molecule has 0 N–H and O–H groups in total. The fourth-order valence-corrected chi connectivity index (χ4v) is 4.36. The van der Waals surface area contributed by atoms with E-state index in [0.29, 0.717) is 10.9 Å². The van der Waals surface area contributed by atoms with Gasteiger partial charge in [0, 0.05) is 30.2 Å². The van der Waals surface area contributed by atoms with Crippen LogP contribution in [0, 0.1) is 5.82 Å². The van der Waals surface area contributed by atoms with Crippen LogP contribution in [0.15, 0.2) is 47.5 Å². The number of aryl methyl sites for hydroxylation is 1. The monoisotopic (exact) mass is 471 g/mol. The van der Waals surface area contributed by atoms with Crippen molar-refractivity contribution in [3.05, 3.63) is 64.5 Å². The minimum absolute atomic E-state index is 0.0133. The molecule has 10 heteroatoms. The quantitative estimate of drug-likeness (QED) is 0.455. The fourth-order valence-electron chi connectivity index (χ4n) is 4.36. The second kappa shape index (κ2) is 7.54. The summed E-state index contributed by atoms with van der Waals surface area (Å²) in [5.41, 5.74) is 0.251. The first-order chi connectivity index (χ1) is 16.1. The zero-order valence-electron chi connectivity index (χ0n) is 18.6. The number of rotatable bonds is 4. The second-order valence-corrected chi connectivity index (χ2v) is 8.27. The normalized spacial score (nSPS) is 14.9. The number of carbonyl (C=O) groups excluding carboxylic acids is 1. The first kappa shape index (κ1) is 21.9. The number of aromatic nitrogens is 2. The molecule has 0 spiro atoms. The topological polar surface area (TPSA) is 65.7 Å². The van der Waals surface area contributed by atoms with Gasteiger partial charge in [-0.05, 0) is 30.3 Å². The van der Waals surface area contributed by atoms with Crippen LogP contribution in [-0.2, 0) is 7.05 Å². The Kier molecular flexibility index (Phi) is 4.85. The molecule has 1 amide bonds. The van der Waals surface area contributed by atoms with Gasteiger partial charge in [-0.2, -0.15) is 0 Å². The lowest BCUT2D eigenvalue weighted by Gasteiger charge is -2.38. The molecule has 7 nitrogen and oxygen atoms in total. The Morgan fingerprint density at radius 2 is 1.65 bits per heavy atom. The van der Waals surface area contributed by atoms with Gasteiger partial charge in [-0.3, -0.25) is 14.2 Å². The van der Waals surface area contributed by atoms with E-state index in [1.165, 1.54) is 49.2 Å². The van der Waals surface area contributed by atoms with Crippen molar-refractivity contribution in [1.82, 2.24) is 14.0 Å². The number of halogens is 3. The van der Waals surface area contributed by atoms with Crippen LogP contribution in [0.5, 0.6) is 11.5 Å². The molecule has 176 valence electrons. The summed E-state index contributed by atoms with van der Waals surface area (Å²) in [7, 11) is 4.55. The van der Waals surface area contributed by atoms with Gasteiger partial charge in [0.2, 0.25) is 0 Å². The Morgan fingerprint density at radius 1 is 1.00 bits per heavy atom. The van der Waals surface area contributed by atoms with Gasteiger partial charge in [-0.1, -0.05) is 0 Å². The summed E-state index contributed by atoms with van der Waals surface area (Å²) in [6, 6.07) is 7.16. The maximum Gasteiger partial charge on any atom is 0.282 e. The summed E-state index contributed by atoms with van der Waals surface area (Å²) in [5.74, 6) is -3.68. The number of hydrogen-bond acceptors (Lipinski definition) is 4. The standard InChI is InChI=1S/C24H20F3N3O4/c1-28-5-4-14-18(28)6-13(25)7-19(14)30-10-17(22(31)29-11-24(26,27)12-29)15-8-20(33-2)21(34-3)9-16(15)23(30)32/h4-10H,11-12H2,1-3H3. The second-order valence-electron chi connectivity index (χ2n) is 8.27. The number of alkyl halides is 2. The number of hydrogen-bond donors (Lipinski definition) is 0. The van der Waals surface area contributed by atoms with Crippen molar-refractivity contribution in [2.75, 3.05) is 27.3 Å². The molecular weight excluding hydrogens is 451 g/mol. The molecule has 0 unspecified atom stereocenters. The van der Waals surface area contributed by atoms with E-state index in [-0.39, 0.29) is 33.5 Å². The summed E-state index contributed by atoms with van der Waals surface area (Å²) in [6.07, 6.45) is 3.00. The third-order valence-electron chi connectivity index (χ3n) is 6.09. The first-order valence-electron chi connectivity index (χ1n) is 10.4. The number of pyridine rings is 1. The highest BCUT2D eigenvalue weighted by atomic mass is 19.3. The SMILES string of the molecule is COc1cc2c(C(=O)N3CC(F)(F)C3)cn(-c3cc(F)cc4c3ccn4C)c(=O)c2cc1OC. The number of carbonyl (C=O) groups is 1. The van der Waals surface area contributed by atoms with E-state index in [1.807, 2.05) is 0 Å². The zero-order valence-corrected chi connectivity index (χ0v) is 18.6. The van der Waals surface area contributed by atoms with Gasteiger partial charge in [0.05, 0.1) is 49.5 Å². The largest absolute Gasteiger partial charge is 0.493 e. The lowest BCUT2D eigenvalue weighted by Crippen LogP contribution is -2.58. The van der Waals surface area contributed by atoms with Crippen LogP contribution < -0.4 is 15.0 Å². The van der Waals surface area contributed by atoms with Gasteiger partial charge in [0.25, 0.3) is 17.4 Å². The van der Waals surface area contributed by atoms with E-state index >= 15 is 0 Å². The Morgan fingerprint density at radius 3 is 2.26 bits per heavy atom. The number of nitrogens with zero attached hydrogens (tertiary/aromatic N) is 3. The molecule has 1 fully saturated rings. The molecule has 1 aliphatic rings. The molecule has 2 aromatic heterocycles. The molecule has 0 saturated carbocycles. The third-order valence-corrected chi connectivity index (χ3v) is 6.09. The Hall–Kier alpha value is -3.95. The molecule has 34 heavy (non-hydrogen) atoms. The lowest BCUT2D eigenvalue weighted by atomic mass is 10.0. The van der Waals surface area contributed by atoms with E-state index in [4.69, 9.17) is 9.47 Å². The van der Waals surface area contributed by atoms with Crippen LogP contribution in [0.2, 0.25) is 0 Å². The molecule has 1 saturated heterocycles. The van der Waals surface area contributed by atoms with Gasteiger partial charge in [-0.25, -0.2) is 13.2 Å². The lowest BCUT2D eigenvalue weighted by molar-refractivity contribution is -0.113. The Balaban J connectivity index is 1.83. The molecule has 0 bridgehead atoms. The van der Waals surface area contributed by atoms with Gasteiger partial charge in [-0.15, -0.1) is 0 Å². The minimum atomic E-state index is -2.96. The van der Waals surface area contributed by atoms with E-state index in [9.17, 15) is 22.8 Å². The van der Waals surface area contributed by atoms with Crippen molar-refractivity contribution >= 4 is 27.6 Å². The number of likely N-dealkylation sites (tertiary alicyclic amines) is 1. The van der Waals surface area contributed by atoms with Crippen molar-refractivity contribution < 1.29 is 27.4 Å². The van der Waals surface area contributed by atoms with Crippen molar-refractivity contribution in [2.45, 2.75) is 5.92 Å². The summed E-state index contributed by atoms with van der Waals surface area (Å²) >= 11 is 0. The van der Waals surface area contributed by atoms with E-state index < -0.39 is 36.3 Å². The van der Waals surface area contributed by atoms with Crippen molar-refractivity contribution in [3.8, 4) is 17.2 Å². The van der Waals surface area contributed by atoms with Crippen LogP contribution >= 0.6 is 0 Å². The number of amides is 1. The van der Waals surface area contributed by atoms with Crippen LogP contribution in [0.1, 0.15) is 10.4 Å². The summed E-state index contributed by atoms with van der Waals surface area (Å²) in [4.78, 5) is 27.8. The Bertz CT molecular complexity index is 1530. The van der Waals surface area contributed by atoms with Crippen LogP contribution in [0.4, 0.5) is 13.2 Å². The molecular formula is C24H20F3N3O4. The maximum atomic E-state index is 14.5. The van der Waals surface area contributed by atoms with Crippen LogP contribution in [0.25, 0.3) is 27.4 Å². The molecule has 5 rings (SSSR count). The highest BCUT2D eigenvalue weighted by Crippen LogP contribution is 2.35. The molecule has 2 aromatic carbocycles. The van der Waals surface area contributed by atoms with Crippen molar-refractivity contribution in [1.29, 1.82) is 0 Å². The Labute approximate surface area is 191 Å². The van der Waals surface area contributed by atoms with E-state index in [2.05, 4.69) is 0 Å². The fraction of sp³-hybridized carbons (Fsp3) is 0.250. The molecule has 1 aliphatic heterocycles. The summed E-state index contributed by atoms with van der Waals surface area (Å²) in [6.45, 7) is -1.44. The van der Waals surface area contributed by atoms with Gasteiger partial charge in [0.1, 0.15) is 5.82 Å². The number of benzene rings is 2. The molecule has 0 aliphatic carbocycles. The van der Waals surface area contributed by atoms with E-state index in [0.717, 1.165) is 4.90 Å². The smallest absolute Gasteiger partial charge is 0.282 e. The molecule has 4 aromatic rings. The highest BCUT2D eigenvalue weighted by molar-refractivity contribution is 6.08. The number of fused-ring (bicyclic) bond motifs is 2. The summed E-state index contributed by atoms with van der Waals surface area (Å²) in [5, 5.41) is 0.906. The van der Waals surface area contributed by atoms with Crippen molar-refractivity contribution in [2.24, 2.45) is 7.05 Å². The van der Waals surface area contributed by atoms with Gasteiger partial charge in [0.15, 0.2) is 11.5 Å². The van der Waals surface area contributed by atoms with Crippen molar-refractivity contribution in [3.63, 3.8) is 0 Å². The summed E-state index contributed by atoms with van der Waals surface area (Å²) < 4.78 is 55.0. The average molecular weight is 471 g/mol. The minimum Gasteiger partial charge on any atom is -0.493 e. The van der Waals surface area contributed by atoms with Crippen LogP contribution in [0.3, 0.4) is 0 Å². The van der Waals surface area contributed by atoms with Gasteiger partial charge >= 0.3 is 0 Å². The van der Waals surface area contributed by atoms with Gasteiger partial charge < -0.3 is 18.9 Å². The highest BCUT2D eigenvalue weighted by Gasteiger charge is 2.46. The average Bonchev–Trinajstić information content (AvgIpc) is 3.16. The van der Waals surface area contributed by atoms with Crippen LogP contribution in [-0.4, -0.2) is 53.2 Å². The van der Waals surface area contributed by atoms with E-state index in [1.54, 1.807) is 23.9 Å². The predicted molar refractivity (Wildman–Crippen MR) is 120 cm³/mol. The first-order valence-corrected chi connectivity index (χ1v) is 10.4. The zero-order chi connectivity index (χ0) is 24.4. The molecule has 0 atom stereocenters.